The van der Waals surface area contributed by atoms with Crippen LogP contribution in [0.2, 0.25) is 0 Å². The highest BCUT2D eigenvalue weighted by atomic mass is 32.1. The molecule has 1 amide bonds. The number of rotatable bonds is 4. The largest absolute Gasteiger partial charge is 0.479 e. The van der Waals surface area contributed by atoms with Crippen LogP contribution in [0.25, 0.3) is 0 Å². The molecule has 2 aromatic rings. The molecule has 0 aliphatic rings. The summed E-state index contributed by atoms with van der Waals surface area (Å²) >= 11 is 1.38. The second kappa shape index (κ2) is 5.84. The van der Waals surface area contributed by atoms with Crippen molar-refractivity contribution >= 4 is 22.9 Å². The molecule has 1 aromatic carbocycles. The van der Waals surface area contributed by atoms with E-state index in [0.717, 1.165) is 0 Å². The lowest BCUT2D eigenvalue weighted by molar-refractivity contribution is 0.103. The maximum absolute atomic E-state index is 11.8. The maximum atomic E-state index is 11.8. The van der Waals surface area contributed by atoms with Gasteiger partial charge in [-0.2, -0.15) is 5.26 Å². The fourth-order valence-electron chi connectivity index (χ4n) is 1.38. The van der Waals surface area contributed by atoms with E-state index in [1.54, 1.807) is 30.3 Å². The number of hydrogen-bond donors (Lipinski definition) is 1. The monoisotopic (exact) mass is 258 g/mol. The van der Waals surface area contributed by atoms with Gasteiger partial charge in [-0.3, -0.25) is 4.79 Å². The molecular weight excluding hydrogens is 248 g/mol. The number of nitrogens with one attached hydrogen (secondary N) is 1. The third kappa shape index (κ3) is 3.09. The first-order chi connectivity index (χ1) is 8.79. The van der Waals surface area contributed by atoms with E-state index >= 15 is 0 Å². The SMILES string of the molecule is N#CCOc1cccc(NC(=O)c2cccs2)c1. The summed E-state index contributed by atoms with van der Waals surface area (Å²) in [7, 11) is 0. The van der Waals surface area contributed by atoms with Crippen LogP contribution in [0.5, 0.6) is 5.75 Å². The van der Waals surface area contributed by atoms with Gasteiger partial charge in [-0.1, -0.05) is 12.1 Å². The van der Waals surface area contributed by atoms with E-state index in [2.05, 4.69) is 5.32 Å². The molecule has 5 heteroatoms. The van der Waals surface area contributed by atoms with E-state index in [9.17, 15) is 4.79 Å². The van der Waals surface area contributed by atoms with Crippen LogP contribution in [-0.2, 0) is 0 Å². The molecule has 1 aromatic heterocycles. The Kier molecular flexibility index (Phi) is 3.94. The highest BCUT2D eigenvalue weighted by Gasteiger charge is 2.07. The number of nitrogens with zero attached hydrogens (tertiary/aromatic N) is 1. The lowest BCUT2D eigenvalue weighted by atomic mass is 10.3. The quantitative estimate of drug-likeness (QED) is 0.917. The molecule has 2 rings (SSSR count). The van der Waals surface area contributed by atoms with Gasteiger partial charge in [0, 0.05) is 11.8 Å². The Balaban J connectivity index is 2.05. The third-order valence-electron chi connectivity index (χ3n) is 2.14. The molecule has 0 spiro atoms. The normalized spacial score (nSPS) is 9.50. The number of carbonyl (C=O) groups excluding carboxylic acids is 1. The fraction of sp³-hybridized carbons (Fsp3) is 0.0769. The van der Waals surface area contributed by atoms with Crippen molar-refractivity contribution in [3.63, 3.8) is 0 Å². The summed E-state index contributed by atoms with van der Waals surface area (Å²) in [4.78, 5) is 12.5. The molecule has 0 atom stereocenters. The molecule has 0 aliphatic heterocycles. The Hall–Kier alpha value is -2.32. The number of anilines is 1. The fourth-order valence-corrected chi connectivity index (χ4v) is 2.00. The summed E-state index contributed by atoms with van der Waals surface area (Å²) in [5.41, 5.74) is 0.642. The summed E-state index contributed by atoms with van der Waals surface area (Å²) in [6.07, 6.45) is 0. The van der Waals surface area contributed by atoms with Crippen molar-refractivity contribution in [3.05, 3.63) is 46.7 Å². The van der Waals surface area contributed by atoms with Crippen molar-refractivity contribution in [2.24, 2.45) is 0 Å². The number of thiophene rings is 1. The van der Waals surface area contributed by atoms with Gasteiger partial charge in [-0.05, 0) is 23.6 Å². The van der Waals surface area contributed by atoms with Crippen molar-refractivity contribution in [2.75, 3.05) is 11.9 Å². The lowest BCUT2D eigenvalue weighted by Gasteiger charge is -2.06. The first-order valence-electron chi connectivity index (χ1n) is 5.24. The minimum absolute atomic E-state index is 0.0116. The number of amides is 1. The van der Waals surface area contributed by atoms with Crippen LogP contribution in [0.4, 0.5) is 5.69 Å². The average Bonchev–Trinajstić information content (AvgIpc) is 2.91. The molecule has 1 N–H and O–H groups in total. The molecule has 0 unspecified atom stereocenters. The van der Waals surface area contributed by atoms with Crippen LogP contribution < -0.4 is 10.1 Å². The zero-order chi connectivity index (χ0) is 12.8. The Bertz CT molecular complexity index is 573. The number of ether oxygens (including phenoxy) is 1. The average molecular weight is 258 g/mol. The summed E-state index contributed by atoms with van der Waals surface area (Å²) in [5.74, 6) is 0.406. The third-order valence-corrected chi connectivity index (χ3v) is 3.01. The molecule has 0 aliphatic carbocycles. The van der Waals surface area contributed by atoms with Gasteiger partial charge >= 0.3 is 0 Å². The van der Waals surface area contributed by atoms with Gasteiger partial charge in [0.05, 0.1) is 4.88 Å². The molecule has 0 radical (unpaired) electrons. The second-order valence-electron chi connectivity index (χ2n) is 3.41. The Labute approximate surface area is 108 Å². The van der Waals surface area contributed by atoms with E-state index in [0.29, 0.717) is 16.3 Å². The van der Waals surface area contributed by atoms with Gasteiger partial charge in [0.25, 0.3) is 5.91 Å². The van der Waals surface area contributed by atoms with E-state index in [1.807, 2.05) is 17.5 Å². The molecule has 0 saturated carbocycles. The van der Waals surface area contributed by atoms with Crippen molar-refractivity contribution in [1.82, 2.24) is 0 Å². The van der Waals surface area contributed by atoms with Gasteiger partial charge in [-0.15, -0.1) is 11.3 Å². The van der Waals surface area contributed by atoms with Crippen LogP contribution in [0.15, 0.2) is 41.8 Å². The highest BCUT2D eigenvalue weighted by molar-refractivity contribution is 7.12. The van der Waals surface area contributed by atoms with Crippen LogP contribution in [0.3, 0.4) is 0 Å². The number of nitriles is 1. The Morgan fingerprint density at radius 2 is 2.28 bits per heavy atom. The van der Waals surface area contributed by atoms with Gasteiger partial charge in [0.15, 0.2) is 6.61 Å². The standard InChI is InChI=1S/C13H10N2O2S/c14-6-7-17-11-4-1-3-10(9-11)15-13(16)12-5-2-8-18-12/h1-5,8-9H,7H2,(H,15,16). The molecule has 0 bridgehead atoms. The maximum Gasteiger partial charge on any atom is 0.265 e. The molecule has 18 heavy (non-hydrogen) atoms. The van der Waals surface area contributed by atoms with Crippen LogP contribution in [0, 0.1) is 11.3 Å². The molecule has 90 valence electrons. The molecule has 0 fully saturated rings. The minimum atomic E-state index is -0.151. The van der Waals surface area contributed by atoms with Crippen molar-refractivity contribution in [2.45, 2.75) is 0 Å². The number of benzene rings is 1. The predicted octanol–water partition coefficient (Wildman–Crippen LogP) is 2.90. The highest BCUT2D eigenvalue weighted by Crippen LogP contribution is 2.19. The summed E-state index contributed by atoms with van der Waals surface area (Å²) < 4.78 is 5.16. The van der Waals surface area contributed by atoms with Gasteiger partial charge in [-0.25, -0.2) is 0 Å². The van der Waals surface area contributed by atoms with Crippen molar-refractivity contribution in [3.8, 4) is 11.8 Å². The molecule has 1 heterocycles. The Morgan fingerprint density at radius 1 is 1.39 bits per heavy atom. The zero-order valence-corrected chi connectivity index (χ0v) is 10.2. The van der Waals surface area contributed by atoms with Crippen LogP contribution >= 0.6 is 11.3 Å². The smallest absolute Gasteiger partial charge is 0.265 e. The lowest BCUT2D eigenvalue weighted by Crippen LogP contribution is -2.10. The van der Waals surface area contributed by atoms with Gasteiger partial charge < -0.3 is 10.1 Å². The van der Waals surface area contributed by atoms with Gasteiger partial charge in [0.2, 0.25) is 0 Å². The van der Waals surface area contributed by atoms with Crippen LogP contribution in [0.1, 0.15) is 9.67 Å². The summed E-state index contributed by atoms with van der Waals surface area (Å²) in [6, 6.07) is 12.4. The second-order valence-corrected chi connectivity index (χ2v) is 4.35. The summed E-state index contributed by atoms with van der Waals surface area (Å²) in [6.45, 7) is -0.0116. The Morgan fingerprint density at radius 3 is 3.00 bits per heavy atom. The molecule has 4 nitrogen and oxygen atoms in total. The molecular formula is C13H10N2O2S. The van der Waals surface area contributed by atoms with E-state index < -0.39 is 0 Å². The van der Waals surface area contributed by atoms with Crippen molar-refractivity contribution < 1.29 is 9.53 Å². The van der Waals surface area contributed by atoms with E-state index in [1.165, 1.54) is 11.3 Å². The van der Waals surface area contributed by atoms with Crippen LogP contribution in [-0.4, -0.2) is 12.5 Å². The number of carbonyl (C=O) groups is 1. The van der Waals surface area contributed by atoms with Gasteiger partial charge in [0.1, 0.15) is 11.8 Å². The molecule has 0 saturated heterocycles. The van der Waals surface area contributed by atoms with E-state index in [4.69, 9.17) is 10.00 Å². The topological polar surface area (TPSA) is 62.1 Å². The predicted molar refractivity (Wildman–Crippen MR) is 69.8 cm³/mol. The first-order valence-corrected chi connectivity index (χ1v) is 6.12. The number of hydrogen-bond acceptors (Lipinski definition) is 4. The zero-order valence-electron chi connectivity index (χ0n) is 9.42. The summed E-state index contributed by atoms with van der Waals surface area (Å²) in [5, 5.41) is 13.0. The minimum Gasteiger partial charge on any atom is -0.479 e. The van der Waals surface area contributed by atoms with Crippen molar-refractivity contribution in [1.29, 1.82) is 5.26 Å². The first kappa shape index (κ1) is 12.1. The van der Waals surface area contributed by atoms with E-state index in [-0.39, 0.29) is 12.5 Å².